The summed E-state index contributed by atoms with van der Waals surface area (Å²) in [4.78, 5) is 26.3. The van der Waals surface area contributed by atoms with Crippen molar-refractivity contribution in [2.75, 3.05) is 39.3 Å². The van der Waals surface area contributed by atoms with Crippen LogP contribution < -0.4 is 0 Å². The van der Waals surface area contributed by atoms with Crippen LogP contribution in [0.25, 0.3) is 10.7 Å². The highest BCUT2D eigenvalue weighted by atomic mass is 32.1. The summed E-state index contributed by atoms with van der Waals surface area (Å²) in [6.45, 7) is 5.69. The first-order chi connectivity index (χ1) is 11.2. The maximum absolute atomic E-state index is 12.7. The van der Waals surface area contributed by atoms with E-state index in [0.717, 1.165) is 29.5 Å². The molecule has 0 bridgehead atoms. The molecule has 7 heteroatoms. The SMILES string of the molecule is Cc1nc(-c2ccccn2)sc1C(=O)N1CCN(CCO)CC1. The van der Waals surface area contributed by atoms with E-state index in [1.165, 1.54) is 11.3 Å². The van der Waals surface area contributed by atoms with Crippen molar-refractivity contribution in [1.82, 2.24) is 19.8 Å². The van der Waals surface area contributed by atoms with Crippen LogP contribution in [0.1, 0.15) is 15.4 Å². The van der Waals surface area contributed by atoms with Crippen LogP contribution in [0, 0.1) is 6.92 Å². The molecule has 0 aliphatic carbocycles. The van der Waals surface area contributed by atoms with Crippen LogP contribution in [0.3, 0.4) is 0 Å². The van der Waals surface area contributed by atoms with Gasteiger partial charge in [-0.25, -0.2) is 4.98 Å². The van der Waals surface area contributed by atoms with Crippen molar-refractivity contribution in [2.24, 2.45) is 0 Å². The number of rotatable bonds is 4. The number of nitrogens with zero attached hydrogens (tertiary/aromatic N) is 4. The molecule has 1 saturated heterocycles. The van der Waals surface area contributed by atoms with E-state index < -0.39 is 0 Å². The molecule has 122 valence electrons. The number of β-amino-alcohol motifs (C(OH)–C–C–N with tert-alkyl or cyclic N) is 1. The first-order valence-corrected chi connectivity index (χ1v) is 8.52. The van der Waals surface area contributed by atoms with Crippen LogP contribution in [-0.4, -0.2) is 70.1 Å². The van der Waals surface area contributed by atoms with E-state index in [1.54, 1.807) is 6.20 Å². The fourth-order valence-electron chi connectivity index (χ4n) is 2.65. The van der Waals surface area contributed by atoms with Gasteiger partial charge in [-0.3, -0.25) is 14.7 Å². The Morgan fingerprint density at radius 2 is 2.09 bits per heavy atom. The van der Waals surface area contributed by atoms with Gasteiger partial charge < -0.3 is 10.0 Å². The molecule has 3 heterocycles. The van der Waals surface area contributed by atoms with Crippen molar-refractivity contribution in [3.8, 4) is 10.7 Å². The average molecular weight is 332 g/mol. The maximum atomic E-state index is 12.7. The number of piperazine rings is 1. The lowest BCUT2D eigenvalue weighted by molar-refractivity contribution is 0.0618. The van der Waals surface area contributed by atoms with E-state index in [4.69, 9.17) is 5.11 Å². The third-order valence-electron chi connectivity index (χ3n) is 3.95. The van der Waals surface area contributed by atoms with Crippen LogP contribution >= 0.6 is 11.3 Å². The predicted octanol–water partition coefficient (Wildman–Crippen LogP) is 1.26. The standard InChI is InChI=1S/C16H20N4O2S/c1-12-14(23-15(18-12)13-4-2-3-5-17-13)16(22)20-8-6-19(7-9-20)10-11-21/h2-5,21H,6-11H2,1H3. The largest absolute Gasteiger partial charge is 0.395 e. The van der Waals surface area contributed by atoms with E-state index in [1.807, 2.05) is 30.0 Å². The summed E-state index contributed by atoms with van der Waals surface area (Å²) in [6.07, 6.45) is 1.73. The molecule has 0 spiro atoms. The number of pyridine rings is 1. The van der Waals surface area contributed by atoms with Crippen molar-refractivity contribution in [3.05, 3.63) is 35.0 Å². The molecule has 1 aliphatic heterocycles. The molecule has 2 aromatic heterocycles. The Kier molecular flexibility index (Phi) is 5.00. The zero-order valence-corrected chi connectivity index (χ0v) is 13.9. The van der Waals surface area contributed by atoms with Crippen molar-refractivity contribution in [3.63, 3.8) is 0 Å². The molecule has 23 heavy (non-hydrogen) atoms. The number of aromatic nitrogens is 2. The van der Waals surface area contributed by atoms with Gasteiger partial charge in [-0.1, -0.05) is 6.07 Å². The topological polar surface area (TPSA) is 69.6 Å². The van der Waals surface area contributed by atoms with Crippen LogP contribution in [0.15, 0.2) is 24.4 Å². The second-order valence-electron chi connectivity index (χ2n) is 5.51. The first kappa shape index (κ1) is 16.0. The Balaban J connectivity index is 1.72. The number of carbonyl (C=O) groups excluding carboxylic acids is 1. The van der Waals surface area contributed by atoms with Gasteiger partial charge in [0, 0.05) is 38.9 Å². The van der Waals surface area contributed by atoms with Crippen LogP contribution in [-0.2, 0) is 0 Å². The Bertz CT molecular complexity index is 666. The number of carbonyl (C=O) groups is 1. The minimum Gasteiger partial charge on any atom is -0.395 e. The van der Waals surface area contributed by atoms with Crippen LogP contribution in [0.5, 0.6) is 0 Å². The molecule has 6 nitrogen and oxygen atoms in total. The smallest absolute Gasteiger partial charge is 0.265 e. The van der Waals surface area contributed by atoms with Crippen LogP contribution in [0.2, 0.25) is 0 Å². The molecule has 0 atom stereocenters. The fraction of sp³-hybridized carbons (Fsp3) is 0.438. The Morgan fingerprint density at radius 3 is 2.74 bits per heavy atom. The molecular weight excluding hydrogens is 312 g/mol. The predicted molar refractivity (Wildman–Crippen MR) is 89.5 cm³/mol. The molecule has 1 fully saturated rings. The molecule has 3 rings (SSSR count). The summed E-state index contributed by atoms with van der Waals surface area (Å²) < 4.78 is 0. The highest BCUT2D eigenvalue weighted by Gasteiger charge is 2.25. The zero-order valence-electron chi connectivity index (χ0n) is 13.1. The van der Waals surface area contributed by atoms with E-state index in [9.17, 15) is 4.79 Å². The Morgan fingerprint density at radius 1 is 1.30 bits per heavy atom. The van der Waals surface area contributed by atoms with Gasteiger partial charge in [0.1, 0.15) is 9.88 Å². The van der Waals surface area contributed by atoms with Gasteiger partial charge in [0.05, 0.1) is 18.0 Å². The van der Waals surface area contributed by atoms with Gasteiger partial charge in [-0.05, 0) is 19.1 Å². The molecule has 0 aromatic carbocycles. The number of amides is 1. The van der Waals surface area contributed by atoms with Gasteiger partial charge in [0.15, 0.2) is 0 Å². The maximum Gasteiger partial charge on any atom is 0.265 e. The van der Waals surface area contributed by atoms with Crippen molar-refractivity contribution >= 4 is 17.2 Å². The monoisotopic (exact) mass is 332 g/mol. The van der Waals surface area contributed by atoms with Crippen molar-refractivity contribution < 1.29 is 9.90 Å². The van der Waals surface area contributed by atoms with E-state index in [2.05, 4.69) is 14.9 Å². The highest BCUT2D eigenvalue weighted by Crippen LogP contribution is 2.27. The number of hydrogen-bond acceptors (Lipinski definition) is 6. The van der Waals surface area contributed by atoms with Gasteiger partial charge in [0.2, 0.25) is 0 Å². The second kappa shape index (κ2) is 7.16. The second-order valence-corrected chi connectivity index (χ2v) is 6.51. The van der Waals surface area contributed by atoms with Crippen LogP contribution in [0.4, 0.5) is 0 Å². The van der Waals surface area contributed by atoms with Crippen molar-refractivity contribution in [1.29, 1.82) is 0 Å². The van der Waals surface area contributed by atoms with Gasteiger partial charge in [0.25, 0.3) is 5.91 Å². The summed E-state index contributed by atoms with van der Waals surface area (Å²) in [5, 5.41) is 9.77. The third-order valence-corrected chi connectivity index (χ3v) is 5.12. The molecule has 0 radical (unpaired) electrons. The van der Waals surface area contributed by atoms with E-state index >= 15 is 0 Å². The number of aliphatic hydroxyl groups excluding tert-OH is 1. The highest BCUT2D eigenvalue weighted by molar-refractivity contribution is 7.17. The summed E-state index contributed by atoms with van der Waals surface area (Å²) in [7, 11) is 0. The van der Waals surface area contributed by atoms with Gasteiger partial charge >= 0.3 is 0 Å². The summed E-state index contributed by atoms with van der Waals surface area (Å²) in [5.41, 5.74) is 1.56. The minimum absolute atomic E-state index is 0.0471. The molecule has 0 saturated carbocycles. The van der Waals surface area contributed by atoms with E-state index in [0.29, 0.717) is 24.5 Å². The summed E-state index contributed by atoms with van der Waals surface area (Å²) in [6, 6.07) is 5.68. The lowest BCUT2D eigenvalue weighted by Gasteiger charge is -2.34. The molecule has 1 aliphatic rings. The number of hydrogen-bond donors (Lipinski definition) is 1. The quantitative estimate of drug-likeness (QED) is 0.913. The third kappa shape index (κ3) is 3.57. The molecule has 1 N–H and O–H groups in total. The lowest BCUT2D eigenvalue weighted by atomic mass is 10.2. The summed E-state index contributed by atoms with van der Waals surface area (Å²) >= 11 is 1.41. The van der Waals surface area contributed by atoms with Crippen molar-refractivity contribution in [2.45, 2.75) is 6.92 Å². The lowest BCUT2D eigenvalue weighted by Crippen LogP contribution is -2.49. The Hall–Kier alpha value is -1.83. The number of thiazole rings is 1. The molecule has 1 amide bonds. The molecule has 0 unspecified atom stereocenters. The average Bonchev–Trinajstić information content (AvgIpc) is 2.98. The molecule has 2 aromatic rings. The Labute approximate surface area is 139 Å². The van der Waals surface area contributed by atoms with E-state index in [-0.39, 0.29) is 12.5 Å². The number of aryl methyl sites for hydroxylation is 1. The van der Waals surface area contributed by atoms with Gasteiger partial charge in [-0.2, -0.15) is 0 Å². The molecular formula is C16H20N4O2S. The zero-order chi connectivity index (χ0) is 16.2. The number of aliphatic hydroxyl groups is 1. The fourth-order valence-corrected chi connectivity index (χ4v) is 3.66. The van der Waals surface area contributed by atoms with Gasteiger partial charge in [-0.15, -0.1) is 11.3 Å². The normalized spacial score (nSPS) is 15.8. The summed E-state index contributed by atoms with van der Waals surface area (Å²) in [5.74, 6) is 0.0471. The first-order valence-electron chi connectivity index (χ1n) is 7.70. The minimum atomic E-state index is 0.0471.